The highest BCUT2D eigenvalue weighted by atomic mass is 35.5. The molecular weight excluding hydrogens is 380 g/mol. The number of carbonyl (C=O) groups is 3. The quantitative estimate of drug-likeness (QED) is 0.705. The molecule has 28 heavy (non-hydrogen) atoms. The highest BCUT2D eigenvalue weighted by molar-refractivity contribution is 6.31. The van der Waals surface area contributed by atoms with E-state index in [4.69, 9.17) is 16.3 Å². The van der Waals surface area contributed by atoms with Crippen molar-refractivity contribution in [3.63, 3.8) is 0 Å². The molecule has 1 N–H and O–H groups in total. The molecule has 1 aromatic carbocycles. The predicted octanol–water partition coefficient (Wildman–Crippen LogP) is 3.27. The zero-order valence-electron chi connectivity index (χ0n) is 16.8. The zero-order valence-corrected chi connectivity index (χ0v) is 17.5. The third-order valence-electron chi connectivity index (χ3n) is 4.61. The minimum atomic E-state index is -0.504. The van der Waals surface area contributed by atoms with Gasteiger partial charge in [-0.05, 0) is 31.4 Å². The molecule has 0 saturated carbocycles. The Morgan fingerprint density at radius 2 is 2.00 bits per heavy atom. The van der Waals surface area contributed by atoms with Crippen molar-refractivity contribution in [1.29, 1.82) is 0 Å². The molecule has 6 nitrogen and oxygen atoms in total. The van der Waals surface area contributed by atoms with Crippen molar-refractivity contribution in [2.24, 2.45) is 5.92 Å². The molecule has 1 aliphatic rings. The number of hydrogen-bond donors (Lipinski definition) is 1. The topological polar surface area (TPSA) is 75.7 Å². The van der Waals surface area contributed by atoms with Crippen LogP contribution in [0.4, 0.5) is 0 Å². The van der Waals surface area contributed by atoms with E-state index in [0.29, 0.717) is 34.3 Å². The molecule has 0 aliphatic carbocycles. The van der Waals surface area contributed by atoms with Crippen molar-refractivity contribution in [3.8, 4) is 0 Å². The summed E-state index contributed by atoms with van der Waals surface area (Å²) in [6.07, 6.45) is 0.0483. The molecule has 0 spiro atoms. The van der Waals surface area contributed by atoms with Crippen LogP contribution in [0.25, 0.3) is 0 Å². The van der Waals surface area contributed by atoms with E-state index >= 15 is 0 Å². The molecule has 1 aromatic rings. The van der Waals surface area contributed by atoms with Crippen LogP contribution in [-0.2, 0) is 19.1 Å². The van der Waals surface area contributed by atoms with Crippen LogP contribution in [0.1, 0.15) is 45.6 Å². The molecule has 0 unspecified atom stereocenters. The summed E-state index contributed by atoms with van der Waals surface area (Å²) >= 11 is 6.33. The van der Waals surface area contributed by atoms with E-state index in [0.717, 1.165) is 0 Å². The van der Waals surface area contributed by atoms with Crippen molar-refractivity contribution in [3.05, 3.63) is 46.1 Å². The van der Waals surface area contributed by atoms with Gasteiger partial charge in [0.1, 0.15) is 6.54 Å². The van der Waals surface area contributed by atoms with E-state index < -0.39 is 11.9 Å². The summed E-state index contributed by atoms with van der Waals surface area (Å²) in [5.74, 6) is -1.19. The third-order valence-corrected chi connectivity index (χ3v) is 4.95. The number of allylic oxidation sites excluding steroid dienone is 1. The van der Waals surface area contributed by atoms with Crippen LogP contribution in [0.3, 0.4) is 0 Å². The van der Waals surface area contributed by atoms with E-state index in [9.17, 15) is 14.4 Å². The standard InChI is InChI=1S/C21H27ClN2O4/c1-5-28-21(27)20-14(4)24(12-18(25)23-11-13(2)3)19(26)10-16(20)15-8-6-7-9-17(15)22/h6-9,13,16H,5,10-12H2,1-4H3,(H,23,25)/t16-/m0/s1. The maximum atomic E-state index is 12.8. The lowest BCUT2D eigenvalue weighted by Gasteiger charge is -2.34. The molecule has 0 saturated heterocycles. The number of hydrogen-bond acceptors (Lipinski definition) is 4. The molecule has 0 bridgehead atoms. The smallest absolute Gasteiger partial charge is 0.336 e. The average molecular weight is 407 g/mol. The maximum Gasteiger partial charge on any atom is 0.336 e. The Hall–Kier alpha value is -2.34. The van der Waals surface area contributed by atoms with Gasteiger partial charge in [0.25, 0.3) is 0 Å². The Morgan fingerprint density at radius 1 is 1.32 bits per heavy atom. The molecule has 1 atom stereocenters. The first kappa shape index (κ1) is 22.0. The number of nitrogens with one attached hydrogen (secondary N) is 1. The van der Waals surface area contributed by atoms with Crippen molar-refractivity contribution < 1.29 is 19.1 Å². The van der Waals surface area contributed by atoms with Gasteiger partial charge in [-0.25, -0.2) is 4.79 Å². The maximum absolute atomic E-state index is 12.8. The van der Waals surface area contributed by atoms with Crippen LogP contribution in [-0.4, -0.2) is 42.4 Å². The van der Waals surface area contributed by atoms with Gasteiger partial charge in [-0.1, -0.05) is 43.6 Å². The summed E-state index contributed by atoms with van der Waals surface area (Å²) in [6.45, 7) is 7.99. The Balaban J connectivity index is 2.39. The van der Waals surface area contributed by atoms with Crippen molar-refractivity contribution in [2.45, 2.75) is 40.0 Å². The van der Waals surface area contributed by atoms with Gasteiger partial charge in [0.15, 0.2) is 0 Å². The largest absolute Gasteiger partial charge is 0.463 e. The van der Waals surface area contributed by atoms with E-state index in [1.807, 2.05) is 19.9 Å². The zero-order chi connectivity index (χ0) is 20.8. The Morgan fingerprint density at radius 3 is 2.61 bits per heavy atom. The first-order valence-electron chi connectivity index (χ1n) is 9.45. The number of benzene rings is 1. The van der Waals surface area contributed by atoms with Crippen LogP contribution >= 0.6 is 11.6 Å². The number of halogens is 1. The lowest BCUT2D eigenvalue weighted by Crippen LogP contribution is -2.44. The first-order chi connectivity index (χ1) is 13.3. The lowest BCUT2D eigenvalue weighted by molar-refractivity contribution is -0.141. The van der Waals surface area contributed by atoms with Gasteiger partial charge in [-0.2, -0.15) is 0 Å². The lowest BCUT2D eigenvalue weighted by atomic mass is 9.83. The van der Waals surface area contributed by atoms with Gasteiger partial charge < -0.3 is 15.0 Å². The summed E-state index contributed by atoms with van der Waals surface area (Å²) in [6, 6.07) is 7.14. The molecule has 152 valence electrons. The third kappa shape index (κ3) is 5.13. The number of nitrogens with zero attached hydrogens (tertiary/aromatic N) is 1. The number of rotatable bonds is 7. The Kier molecular flexibility index (Phi) is 7.63. The first-order valence-corrected chi connectivity index (χ1v) is 9.83. The highest BCUT2D eigenvalue weighted by Crippen LogP contribution is 2.39. The van der Waals surface area contributed by atoms with E-state index in [2.05, 4.69) is 5.32 Å². The van der Waals surface area contributed by atoms with Crippen molar-refractivity contribution in [1.82, 2.24) is 10.2 Å². The molecule has 2 amide bonds. The Labute approximate surface area is 170 Å². The molecule has 2 rings (SSSR count). The van der Waals surface area contributed by atoms with Gasteiger partial charge in [0.05, 0.1) is 12.2 Å². The van der Waals surface area contributed by atoms with Crippen LogP contribution in [0.2, 0.25) is 5.02 Å². The average Bonchev–Trinajstić information content (AvgIpc) is 2.63. The minimum absolute atomic E-state index is 0.0483. The summed E-state index contributed by atoms with van der Waals surface area (Å²) < 4.78 is 5.23. The summed E-state index contributed by atoms with van der Waals surface area (Å²) in [4.78, 5) is 39.1. The second kappa shape index (κ2) is 9.73. The fraction of sp³-hybridized carbons (Fsp3) is 0.476. The van der Waals surface area contributed by atoms with Gasteiger partial charge in [-0.15, -0.1) is 0 Å². The van der Waals surface area contributed by atoms with Crippen molar-refractivity contribution >= 4 is 29.4 Å². The predicted molar refractivity (Wildman–Crippen MR) is 108 cm³/mol. The van der Waals surface area contributed by atoms with Crippen LogP contribution in [0.15, 0.2) is 35.5 Å². The molecule has 1 aliphatic heterocycles. The SMILES string of the molecule is CCOC(=O)C1=C(C)N(CC(=O)NCC(C)C)C(=O)C[C@H]1c1ccccc1Cl. The molecule has 7 heteroatoms. The fourth-order valence-electron chi connectivity index (χ4n) is 3.22. The second-order valence-electron chi connectivity index (χ2n) is 7.18. The summed E-state index contributed by atoms with van der Waals surface area (Å²) in [5.41, 5.74) is 1.49. The summed E-state index contributed by atoms with van der Waals surface area (Å²) in [7, 11) is 0. The monoisotopic (exact) mass is 406 g/mol. The minimum Gasteiger partial charge on any atom is -0.463 e. The van der Waals surface area contributed by atoms with E-state index in [1.54, 1.807) is 32.0 Å². The van der Waals surface area contributed by atoms with Crippen LogP contribution in [0, 0.1) is 5.92 Å². The van der Waals surface area contributed by atoms with Gasteiger partial charge in [0.2, 0.25) is 11.8 Å². The van der Waals surface area contributed by atoms with Crippen molar-refractivity contribution in [2.75, 3.05) is 19.7 Å². The number of ether oxygens (including phenoxy) is 1. The van der Waals surface area contributed by atoms with Crippen LogP contribution in [0.5, 0.6) is 0 Å². The fourth-order valence-corrected chi connectivity index (χ4v) is 3.49. The van der Waals surface area contributed by atoms with E-state index in [-0.39, 0.29) is 31.4 Å². The summed E-state index contributed by atoms with van der Waals surface area (Å²) in [5, 5.41) is 3.28. The second-order valence-corrected chi connectivity index (χ2v) is 7.58. The number of carbonyl (C=O) groups excluding carboxylic acids is 3. The Bertz CT molecular complexity index is 788. The molecule has 0 fully saturated rings. The van der Waals surface area contributed by atoms with Crippen LogP contribution < -0.4 is 5.32 Å². The van der Waals surface area contributed by atoms with Gasteiger partial charge in [-0.3, -0.25) is 9.59 Å². The normalized spacial score (nSPS) is 17.1. The van der Waals surface area contributed by atoms with E-state index in [1.165, 1.54) is 4.90 Å². The molecular formula is C21H27ClN2O4. The highest BCUT2D eigenvalue weighted by Gasteiger charge is 2.38. The number of esters is 1. The van der Waals surface area contributed by atoms with Gasteiger partial charge >= 0.3 is 5.97 Å². The van der Waals surface area contributed by atoms with Gasteiger partial charge in [0, 0.05) is 29.6 Å². The molecule has 0 radical (unpaired) electrons. The number of amides is 2. The molecule has 0 aromatic heterocycles. The molecule has 1 heterocycles.